The summed E-state index contributed by atoms with van der Waals surface area (Å²) in [4.78, 5) is 8.36. The normalized spacial score (nSPS) is 27.0. The van der Waals surface area contributed by atoms with E-state index in [1.807, 2.05) is 6.07 Å². The third-order valence-electron chi connectivity index (χ3n) is 4.09. The van der Waals surface area contributed by atoms with Gasteiger partial charge in [-0.2, -0.15) is 4.98 Å². The van der Waals surface area contributed by atoms with E-state index in [-0.39, 0.29) is 0 Å². The van der Waals surface area contributed by atoms with E-state index in [0.29, 0.717) is 12.5 Å². The van der Waals surface area contributed by atoms with Crippen LogP contribution in [0.15, 0.2) is 12.3 Å². The summed E-state index contributed by atoms with van der Waals surface area (Å²) < 4.78 is 0. The first kappa shape index (κ1) is 14.1. The minimum Gasteiger partial charge on any atom is -0.388 e. The highest BCUT2D eigenvalue weighted by Gasteiger charge is 2.32. The molecule has 0 spiro atoms. The van der Waals surface area contributed by atoms with Crippen LogP contribution in [0.5, 0.6) is 0 Å². The van der Waals surface area contributed by atoms with Gasteiger partial charge in [0, 0.05) is 19.8 Å². The Morgan fingerprint density at radius 3 is 2.79 bits per heavy atom. The van der Waals surface area contributed by atoms with Crippen molar-refractivity contribution < 1.29 is 5.11 Å². The van der Waals surface area contributed by atoms with E-state index in [2.05, 4.69) is 27.5 Å². The minimum absolute atomic E-state index is 0.559. The Labute approximate surface area is 114 Å². The van der Waals surface area contributed by atoms with Crippen LogP contribution in [0.1, 0.15) is 39.0 Å². The number of aliphatic hydroxyl groups is 1. The molecule has 1 fully saturated rings. The molecule has 5 heteroatoms. The van der Waals surface area contributed by atoms with Crippen LogP contribution in [0.2, 0.25) is 0 Å². The fraction of sp³-hybridized carbons (Fsp3) is 0.714. The molecule has 1 aliphatic rings. The number of aromatic nitrogens is 2. The van der Waals surface area contributed by atoms with E-state index in [0.717, 1.165) is 37.4 Å². The number of hydrogen-bond donors (Lipinski definition) is 3. The van der Waals surface area contributed by atoms with Crippen molar-refractivity contribution in [2.75, 3.05) is 24.2 Å². The Morgan fingerprint density at radius 2 is 2.16 bits per heavy atom. The van der Waals surface area contributed by atoms with Gasteiger partial charge in [0.05, 0.1) is 5.60 Å². The molecule has 1 aromatic heterocycles. The van der Waals surface area contributed by atoms with Gasteiger partial charge < -0.3 is 15.7 Å². The van der Waals surface area contributed by atoms with Gasteiger partial charge in [-0.3, -0.25) is 0 Å². The van der Waals surface area contributed by atoms with Gasteiger partial charge in [-0.1, -0.05) is 13.3 Å². The second kappa shape index (κ2) is 6.19. The predicted octanol–water partition coefficient (Wildman–Crippen LogP) is 2.26. The maximum Gasteiger partial charge on any atom is 0.224 e. The fourth-order valence-corrected chi connectivity index (χ4v) is 2.63. The molecule has 0 bridgehead atoms. The SMILES string of the molecule is CCC1CCC(O)(CNc2ccnc(NC)n2)CC1. The highest BCUT2D eigenvalue weighted by atomic mass is 16.3. The molecular formula is C14H24N4O. The molecule has 0 amide bonds. The van der Waals surface area contributed by atoms with Crippen LogP contribution >= 0.6 is 0 Å². The molecule has 0 unspecified atom stereocenters. The average molecular weight is 264 g/mol. The number of nitrogens with zero attached hydrogens (tertiary/aromatic N) is 2. The lowest BCUT2D eigenvalue weighted by atomic mass is 9.78. The summed E-state index contributed by atoms with van der Waals surface area (Å²) in [5.41, 5.74) is -0.587. The molecule has 19 heavy (non-hydrogen) atoms. The summed E-state index contributed by atoms with van der Waals surface area (Å²) in [6.45, 7) is 2.79. The largest absolute Gasteiger partial charge is 0.388 e. The first-order chi connectivity index (χ1) is 9.15. The highest BCUT2D eigenvalue weighted by Crippen LogP contribution is 2.33. The fourth-order valence-electron chi connectivity index (χ4n) is 2.63. The molecule has 2 rings (SSSR count). The Balaban J connectivity index is 1.87. The van der Waals surface area contributed by atoms with Crippen molar-refractivity contribution in [1.29, 1.82) is 0 Å². The molecule has 1 saturated carbocycles. The topological polar surface area (TPSA) is 70.1 Å². The molecule has 3 N–H and O–H groups in total. The molecule has 1 aliphatic carbocycles. The maximum absolute atomic E-state index is 10.6. The first-order valence-corrected chi connectivity index (χ1v) is 7.12. The predicted molar refractivity (Wildman–Crippen MR) is 77.3 cm³/mol. The monoisotopic (exact) mass is 264 g/mol. The summed E-state index contributed by atoms with van der Waals surface area (Å²) in [5, 5.41) is 16.7. The van der Waals surface area contributed by atoms with E-state index in [1.54, 1.807) is 13.2 Å². The standard InChI is InChI=1S/C14H24N4O/c1-3-11-4-7-14(19,8-5-11)10-17-12-6-9-16-13(15-2)18-12/h6,9,11,19H,3-5,7-8,10H2,1-2H3,(H2,15,16,17,18). The zero-order chi connectivity index (χ0) is 13.7. The second-order valence-electron chi connectivity index (χ2n) is 5.45. The maximum atomic E-state index is 10.6. The summed E-state index contributed by atoms with van der Waals surface area (Å²) in [6, 6.07) is 1.82. The van der Waals surface area contributed by atoms with Crippen LogP contribution in [0.3, 0.4) is 0 Å². The van der Waals surface area contributed by atoms with Gasteiger partial charge in [-0.25, -0.2) is 4.98 Å². The second-order valence-corrected chi connectivity index (χ2v) is 5.45. The van der Waals surface area contributed by atoms with Gasteiger partial charge in [-0.15, -0.1) is 0 Å². The van der Waals surface area contributed by atoms with Crippen molar-refractivity contribution in [2.45, 2.75) is 44.6 Å². The summed E-state index contributed by atoms with van der Waals surface area (Å²) in [7, 11) is 1.79. The van der Waals surface area contributed by atoms with E-state index < -0.39 is 5.60 Å². The molecule has 1 aromatic rings. The van der Waals surface area contributed by atoms with Crippen molar-refractivity contribution in [1.82, 2.24) is 9.97 Å². The van der Waals surface area contributed by atoms with Crippen molar-refractivity contribution in [2.24, 2.45) is 5.92 Å². The Kier molecular flexibility index (Phi) is 4.58. The van der Waals surface area contributed by atoms with Crippen molar-refractivity contribution in [3.63, 3.8) is 0 Å². The van der Waals surface area contributed by atoms with E-state index >= 15 is 0 Å². The molecule has 0 saturated heterocycles. The van der Waals surface area contributed by atoms with Gasteiger partial charge in [0.1, 0.15) is 5.82 Å². The molecule has 0 radical (unpaired) electrons. The average Bonchev–Trinajstić information content (AvgIpc) is 2.46. The zero-order valence-corrected chi connectivity index (χ0v) is 11.8. The third-order valence-corrected chi connectivity index (χ3v) is 4.09. The number of anilines is 2. The minimum atomic E-state index is -0.587. The lowest BCUT2D eigenvalue weighted by Crippen LogP contribution is -2.40. The van der Waals surface area contributed by atoms with E-state index in [4.69, 9.17) is 0 Å². The van der Waals surface area contributed by atoms with Gasteiger partial charge in [0.15, 0.2) is 0 Å². The lowest BCUT2D eigenvalue weighted by molar-refractivity contribution is 0.00223. The summed E-state index contributed by atoms with van der Waals surface area (Å²) in [5.74, 6) is 2.13. The van der Waals surface area contributed by atoms with Gasteiger partial charge >= 0.3 is 0 Å². The molecule has 0 aliphatic heterocycles. The number of hydrogen-bond acceptors (Lipinski definition) is 5. The molecule has 5 nitrogen and oxygen atoms in total. The number of nitrogens with one attached hydrogen (secondary N) is 2. The summed E-state index contributed by atoms with van der Waals surface area (Å²) in [6.07, 6.45) is 6.94. The van der Waals surface area contributed by atoms with Crippen molar-refractivity contribution >= 4 is 11.8 Å². The van der Waals surface area contributed by atoms with Crippen LogP contribution in [-0.4, -0.2) is 34.3 Å². The van der Waals surface area contributed by atoms with Crippen LogP contribution in [0.25, 0.3) is 0 Å². The quantitative estimate of drug-likeness (QED) is 0.761. The molecule has 0 aromatic carbocycles. The molecule has 106 valence electrons. The van der Waals surface area contributed by atoms with Crippen LogP contribution in [-0.2, 0) is 0 Å². The first-order valence-electron chi connectivity index (χ1n) is 7.12. The van der Waals surface area contributed by atoms with Crippen LogP contribution in [0, 0.1) is 5.92 Å². The smallest absolute Gasteiger partial charge is 0.224 e. The van der Waals surface area contributed by atoms with Crippen LogP contribution in [0.4, 0.5) is 11.8 Å². The molecular weight excluding hydrogens is 240 g/mol. The third kappa shape index (κ3) is 3.80. The molecule has 1 heterocycles. The Bertz CT molecular complexity index is 402. The zero-order valence-electron chi connectivity index (χ0n) is 11.8. The highest BCUT2D eigenvalue weighted by molar-refractivity contribution is 5.39. The Hall–Kier alpha value is -1.36. The molecule has 0 atom stereocenters. The van der Waals surface area contributed by atoms with E-state index in [1.165, 1.54) is 6.42 Å². The van der Waals surface area contributed by atoms with Crippen LogP contribution < -0.4 is 10.6 Å². The van der Waals surface area contributed by atoms with Gasteiger partial charge in [0.2, 0.25) is 5.95 Å². The van der Waals surface area contributed by atoms with Gasteiger partial charge in [-0.05, 0) is 37.7 Å². The van der Waals surface area contributed by atoms with E-state index in [9.17, 15) is 5.11 Å². The lowest BCUT2D eigenvalue weighted by Gasteiger charge is -2.36. The summed E-state index contributed by atoms with van der Waals surface area (Å²) >= 11 is 0. The van der Waals surface area contributed by atoms with Crippen molar-refractivity contribution in [3.05, 3.63) is 12.3 Å². The Morgan fingerprint density at radius 1 is 1.42 bits per heavy atom. The number of rotatable bonds is 5. The van der Waals surface area contributed by atoms with Crippen molar-refractivity contribution in [3.8, 4) is 0 Å². The van der Waals surface area contributed by atoms with Gasteiger partial charge in [0.25, 0.3) is 0 Å².